The summed E-state index contributed by atoms with van der Waals surface area (Å²) in [5, 5.41) is 15.0. The van der Waals surface area contributed by atoms with Crippen molar-refractivity contribution in [2.45, 2.75) is 16.8 Å². The molecule has 148 valence electrons. The van der Waals surface area contributed by atoms with E-state index >= 15 is 0 Å². The Balaban J connectivity index is 1.58. The van der Waals surface area contributed by atoms with Crippen molar-refractivity contribution < 1.29 is 4.79 Å². The van der Waals surface area contributed by atoms with Crippen molar-refractivity contribution >= 4 is 67.4 Å². The van der Waals surface area contributed by atoms with E-state index in [0.29, 0.717) is 20.9 Å². The van der Waals surface area contributed by atoms with E-state index in [4.69, 9.17) is 17.3 Å². The lowest BCUT2D eigenvalue weighted by Gasteiger charge is -2.21. The third kappa shape index (κ3) is 4.80. The largest absolute Gasteiger partial charge is 0.374 e. The molecule has 1 aliphatic heterocycles. The highest BCUT2D eigenvalue weighted by molar-refractivity contribution is 9.10. The molecule has 0 saturated heterocycles. The number of hydrazone groups is 1. The molecule has 0 saturated carbocycles. The average Bonchev–Trinajstić information content (AvgIpc) is 3.34. The predicted molar refractivity (Wildman–Crippen MR) is 121 cm³/mol. The van der Waals surface area contributed by atoms with E-state index in [0.717, 1.165) is 21.3 Å². The van der Waals surface area contributed by atoms with Gasteiger partial charge in [0.15, 0.2) is 4.34 Å². The number of nitrogens with two attached hydrogens (primary N) is 1. The summed E-state index contributed by atoms with van der Waals surface area (Å²) in [6.45, 7) is 0. The van der Waals surface area contributed by atoms with E-state index in [9.17, 15) is 4.79 Å². The van der Waals surface area contributed by atoms with Gasteiger partial charge in [-0.25, -0.2) is 5.01 Å². The van der Waals surface area contributed by atoms with Crippen molar-refractivity contribution in [3.8, 4) is 0 Å². The highest BCUT2D eigenvalue weighted by Crippen LogP contribution is 2.34. The first-order valence-corrected chi connectivity index (χ1v) is 11.6. The summed E-state index contributed by atoms with van der Waals surface area (Å²) in [6.07, 6.45) is 0.630. The van der Waals surface area contributed by atoms with Crippen LogP contribution in [0.25, 0.3) is 0 Å². The topological polar surface area (TPSA) is 84.5 Å². The minimum Gasteiger partial charge on any atom is -0.374 e. The molecule has 4 rings (SSSR count). The lowest BCUT2D eigenvalue weighted by atomic mass is 9.98. The summed E-state index contributed by atoms with van der Waals surface area (Å²) < 4.78 is 1.66. The van der Waals surface area contributed by atoms with Gasteiger partial charge < -0.3 is 5.73 Å². The molecule has 0 fully saturated rings. The van der Waals surface area contributed by atoms with Gasteiger partial charge in [-0.2, -0.15) is 5.10 Å². The van der Waals surface area contributed by atoms with Crippen LogP contribution in [0.5, 0.6) is 0 Å². The summed E-state index contributed by atoms with van der Waals surface area (Å²) in [7, 11) is 0. The molecule has 1 amide bonds. The fraction of sp³-hybridized carbons (Fsp3) is 0.158. The average molecular weight is 509 g/mol. The van der Waals surface area contributed by atoms with E-state index in [-0.39, 0.29) is 17.7 Å². The highest BCUT2D eigenvalue weighted by Gasteiger charge is 2.33. The number of thioether (sulfide) groups is 1. The van der Waals surface area contributed by atoms with Gasteiger partial charge in [0.25, 0.3) is 5.91 Å². The molecule has 1 aliphatic rings. The number of carbonyl (C=O) groups excluding carboxylic acids is 1. The molecule has 0 bridgehead atoms. The second-order valence-corrected chi connectivity index (χ2v) is 9.84. The van der Waals surface area contributed by atoms with Gasteiger partial charge in [0, 0.05) is 15.9 Å². The Morgan fingerprint density at radius 3 is 2.59 bits per heavy atom. The maximum absolute atomic E-state index is 13.0. The Morgan fingerprint density at radius 1 is 1.21 bits per heavy atom. The number of aromatic nitrogens is 2. The minimum atomic E-state index is -0.182. The molecule has 2 heterocycles. The van der Waals surface area contributed by atoms with Crippen LogP contribution in [0.2, 0.25) is 5.02 Å². The molecule has 0 spiro atoms. The van der Waals surface area contributed by atoms with Crippen LogP contribution in [0.1, 0.15) is 23.6 Å². The van der Waals surface area contributed by atoms with Crippen LogP contribution in [0.15, 0.2) is 62.4 Å². The van der Waals surface area contributed by atoms with E-state index in [1.54, 1.807) is 5.01 Å². The van der Waals surface area contributed by atoms with Crippen molar-refractivity contribution in [2.75, 3.05) is 11.5 Å². The highest BCUT2D eigenvalue weighted by atomic mass is 79.9. The first-order chi connectivity index (χ1) is 14.0. The predicted octanol–water partition coefficient (Wildman–Crippen LogP) is 5.01. The van der Waals surface area contributed by atoms with Crippen LogP contribution in [-0.2, 0) is 4.79 Å². The Hall–Kier alpha value is -1.94. The Labute approximate surface area is 189 Å². The molecule has 1 atom stereocenters. The number of hydrogen-bond acceptors (Lipinski definition) is 7. The third-order valence-corrected chi connectivity index (χ3v) is 6.99. The fourth-order valence-electron chi connectivity index (χ4n) is 2.97. The number of anilines is 1. The zero-order valence-electron chi connectivity index (χ0n) is 15.0. The zero-order valence-corrected chi connectivity index (χ0v) is 18.9. The van der Waals surface area contributed by atoms with Gasteiger partial charge >= 0.3 is 0 Å². The number of nitrogens with zero attached hydrogens (tertiary/aromatic N) is 4. The quantitative estimate of drug-likeness (QED) is 0.490. The van der Waals surface area contributed by atoms with Gasteiger partial charge in [0.2, 0.25) is 5.13 Å². The Morgan fingerprint density at radius 2 is 1.93 bits per heavy atom. The maximum Gasteiger partial charge on any atom is 0.253 e. The van der Waals surface area contributed by atoms with Crippen LogP contribution < -0.4 is 5.73 Å². The fourth-order valence-corrected chi connectivity index (χ4v) is 4.85. The van der Waals surface area contributed by atoms with Gasteiger partial charge in [-0.3, -0.25) is 4.79 Å². The summed E-state index contributed by atoms with van der Waals surface area (Å²) in [5.41, 5.74) is 8.46. The van der Waals surface area contributed by atoms with Crippen LogP contribution in [0.4, 0.5) is 5.13 Å². The van der Waals surface area contributed by atoms with Gasteiger partial charge in [-0.1, -0.05) is 74.9 Å². The molecule has 1 unspecified atom stereocenters. The molecule has 3 aromatic rings. The van der Waals surface area contributed by atoms with Gasteiger partial charge in [0.1, 0.15) is 0 Å². The second kappa shape index (κ2) is 8.83. The summed E-state index contributed by atoms with van der Waals surface area (Å²) in [6, 6.07) is 15.3. The zero-order chi connectivity index (χ0) is 20.4. The normalized spacial score (nSPS) is 16.1. The van der Waals surface area contributed by atoms with Crippen LogP contribution in [-0.4, -0.2) is 32.6 Å². The van der Waals surface area contributed by atoms with E-state index in [1.165, 1.54) is 23.1 Å². The summed E-state index contributed by atoms with van der Waals surface area (Å²) in [5.74, 6) is 0.103. The van der Waals surface area contributed by atoms with E-state index in [2.05, 4.69) is 31.2 Å². The molecule has 10 heteroatoms. The molecule has 0 radical (unpaired) electrons. The van der Waals surface area contributed by atoms with Crippen molar-refractivity contribution in [1.29, 1.82) is 0 Å². The molecular formula is C19H15BrClN5OS2. The summed E-state index contributed by atoms with van der Waals surface area (Å²) >= 11 is 12.1. The molecule has 29 heavy (non-hydrogen) atoms. The maximum atomic E-state index is 13.0. The van der Waals surface area contributed by atoms with Gasteiger partial charge in [-0.05, 0) is 35.4 Å². The first kappa shape index (κ1) is 20.3. The van der Waals surface area contributed by atoms with E-state index < -0.39 is 0 Å². The summed E-state index contributed by atoms with van der Waals surface area (Å²) in [4.78, 5) is 13.0. The van der Waals surface area contributed by atoms with E-state index in [1.807, 2.05) is 48.5 Å². The number of rotatable bonds is 5. The SMILES string of the molecule is Nc1nnc(SCC(=O)N2N=C(c3ccc(Br)cc3)CC2c2ccc(Cl)cc2)s1. The number of carbonyl (C=O) groups is 1. The van der Waals surface area contributed by atoms with Crippen LogP contribution in [0.3, 0.4) is 0 Å². The molecule has 0 aliphatic carbocycles. The van der Waals surface area contributed by atoms with Crippen molar-refractivity contribution in [2.24, 2.45) is 5.10 Å². The second-order valence-electron chi connectivity index (χ2n) is 6.26. The molecule has 6 nitrogen and oxygen atoms in total. The van der Waals surface area contributed by atoms with Crippen LogP contribution >= 0.6 is 50.6 Å². The lowest BCUT2D eigenvalue weighted by molar-refractivity contribution is -0.130. The Kier molecular flexibility index (Phi) is 6.19. The molecule has 1 aromatic heterocycles. The first-order valence-electron chi connectivity index (χ1n) is 8.62. The van der Waals surface area contributed by atoms with Gasteiger partial charge in [-0.15, -0.1) is 10.2 Å². The monoisotopic (exact) mass is 507 g/mol. The third-order valence-electron chi connectivity index (χ3n) is 4.34. The van der Waals surface area contributed by atoms with Crippen molar-refractivity contribution in [3.05, 3.63) is 69.2 Å². The number of halogens is 2. The van der Waals surface area contributed by atoms with Crippen LogP contribution in [0, 0.1) is 0 Å². The lowest BCUT2D eigenvalue weighted by Crippen LogP contribution is -2.28. The smallest absolute Gasteiger partial charge is 0.253 e. The molecule has 2 aromatic carbocycles. The van der Waals surface area contributed by atoms with Gasteiger partial charge in [0.05, 0.1) is 17.5 Å². The van der Waals surface area contributed by atoms with Crippen molar-refractivity contribution in [1.82, 2.24) is 15.2 Å². The molecular weight excluding hydrogens is 494 g/mol. The minimum absolute atomic E-state index is 0.101. The van der Waals surface area contributed by atoms with Crippen molar-refractivity contribution in [3.63, 3.8) is 0 Å². The number of nitrogen functional groups attached to an aromatic ring is 1. The number of amides is 1. The number of benzene rings is 2. The molecule has 2 N–H and O–H groups in total. The number of hydrogen-bond donors (Lipinski definition) is 1. The standard InChI is InChI=1S/C19H15BrClN5OS2/c20-13-5-1-11(2-6-13)15-9-16(12-3-7-14(21)8-4-12)26(25-15)17(27)10-28-19-24-23-18(22)29-19/h1-8,16H,9-10H2,(H2,22,23). The Bertz CT molecular complexity index is 1060.